The van der Waals surface area contributed by atoms with Crippen LogP contribution in [0.5, 0.6) is 0 Å². The van der Waals surface area contributed by atoms with E-state index in [0.29, 0.717) is 13.2 Å². The van der Waals surface area contributed by atoms with E-state index in [9.17, 15) is 4.79 Å². The molecule has 1 unspecified atom stereocenters. The number of nitrogens with zero attached hydrogens (tertiary/aromatic N) is 3. The smallest absolute Gasteiger partial charge is 0.310 e. The van der Waals surface area contributed by atoms with Crippen molar-refractivity contribution in [2.75, 3.05) is 33.3 Å². The third kappa shape index (κ3) is 5.47. The van der Waals surface area contributed by atoms with E-state index in [1.807, 2.05) is 13.8 Å². The zero-order valence-electron chi connectivity index (χ0n) is 14.9. The Hall–Kier alpha value is -1.63. The molecule has 0 aromatic carbocycles. The maximum absolute atomic E-state index is 12.0. The molecular formula is C17H28N4O2S. The predicted molar refractivity (Wildman–Crippen MR) is 97.5 cm³/mol. The van der Waals surface area contributed by atoms with E-state index in [1.165, 1.54) is 5.01 Å². The Morgan fingerprint density at radius 2 is 2.42 bits per heavy atom. The molecule has 0 amide bonds. The number of aromatic nitrogens is 1. The summed E-state index contributed by atoms with van der Waals surface area (Å²) in [6.45, 7) is 6.79. The Bertz CT molecular complexity index is 559. The molecule has 0 radical (unpaired) electrons. The molecule has 1 saturated heterocycles. The monoisotopic (exact) mass is 352 g/mol. The lowest BCUT2D eigenvalue weighted by Gasteiger charge is -2.33. The van der Waals surface area contributed by atoms with Gasteiger partial charge in [-0.1, -0.05) is 0 Å². The second kappa shape index (κ2) is 9.61. The lowest BCUT2D eigenvalue weighted by atomic mass is 9.98. The topological polar surface area (TPSA) is 66.8 Å². The Labute approximate surface area is 148 Å². The highest BCUT2D eigenvalue weighted by Gasteiger charge is 2.28. The first-order valence-corrected chi connectivity index (χ1v) is 9.55. The number of hydrogen-bond acceptors (Lipinski definition) is 5. The number of guanidine groups is 1. The van der Waals surface area contributed by atoms with Gasteiger partial charge in [-0.2, -0.15) is 0 Å². The first-order valence-electron chi connectivity index (χ1n) is 8.67. The minimum absolute atomic E-state index is 0.0458. The number of thiazole rings is 1. The first kappa shape index (κ1) is 18.7. The summed E-state index contributed by atoms with van der Waals surface area (Å²) in [6.07, 6.45) is 3.88. The quantitative estimate of drug-likeness (QED) is 0.368. The molecule has 24 heavy (non-hydrogen) atoms. The maximum Gasteiger partial charge on any atom is 0.310 e. The molecular weight excluding hydrogens is 324 g/mol. The number of aliphatic imine (C=N–C) groups is 1. The number of hydrogen-bond donors (Lipinski definition) is 1. The second-order valence-electron chi connectivity index (χ2n) is 6.00. The first-order chi connectivity index (χ1) is 11.6. The molecule has 0 aliphatic carbocycles. The number of carbonyl (C=O) groups excluding carboxylic acids is 1. The lowest BCUT2D eigenvalue weighted by Crippen LogP contribution is -2.48. The van der Waals surface area contributed by atoms with Gasteiger partial charge < -0.3 is 15.0 Å². The summed E-state index contributed by atoms with van der Waals surface area (Å²) in [4.78, 5) is 23.0. The zero-order chi connectivity index (χ0) is 17.4. The molecule has 1 atom stereocenters. The van der Waals surface area contributed by atoms with Crippen molar-refractivity contribution < 1.29 is 9.53 Å². The number of piperidine rings is 1. The van der Waals surface area contributed by atoms with Gasteiger partial charge in [0.05, 0.1) is 17.5 Å². The van der Waals surface area contributed by atoms with Crippen molar-refractivity contribution in [3.8, 4) is 0 Å². The zero-order valence-corrected chi connectivity index (χ0v) is 15.7. The van der Waals surface area contributed by atoms with Crippen molar-refractivity contribution in [3.63, 3.8) is 0 Å². The molecule has 134 valence electrons. The Balaban J connectivity index is 1.77. The Morgan fingerprint density at radius 3 is 3.08 bits per heavy atom. The summed E-state index contributed by atoms with van der Waals surface area (Å²) < 4.78 is 5.16. The molecule has 0 saturated carbocycles. The molecule has 1 aromatic heterocycles. The highest BCUT2D eigenvalue weighted by atomic mass is 32.1. The van der Waals surface area contributed by atoms with Gasteiger partial charge in [-0.15, -0.1) is 11.3 Å². The van der Waals surface area contributed by atoms with Crippen molar-refractivity contribution in [2.24, 2.45) is 10.9 Å². The van der Waals surface area contributed by atoms with Gasteiger partial charge in [-0.25, -0.2) is 4.98 Å². The fourth-order valence-electron chi connectivity index (χ4n) is 2.91. The average molecular weight is 353 g/mol. The number of aryl methyl sites for hydroxylation is 2. The molecule has 1 N–H and O–H groups in total. The van der Waals surface area contributed by atoms with Crippen molar-refractivity contribution in [2.45, 2.75) is 39.5 Å². The van der Waals surface area contributed by atoms with Crippen LogP contribution in [0.25, 0.3) is 0 Å². The van der Waals surface area contributed by atoms with Gasteiger partial charge in [-0.3, -0.25) is 9.79 Å². The Kier molecular flexibility index (Phi) is 7.49. The van der Waals surface area contributed by atoms with Crippen LogP contribution in [0.3, 0.4) is 0 Å². The van der Waals surface area contributed by atoms with Gasteiger partial charge in [0.2, 0.25) is 0 Å². The van der Waals surface area contributed by atoms with Crippen LogP contribution in [-0.4, -0.2) is 55.1 Å². The number of nitrogens with one attached hydrogen (secondary N) is 1. The molecule has 0 spiro atoms. The van der Waals surface area contributed by atoms with E-state index in [4.69, 9.17) is 4.74 Å². The van der Waals surface area contributed by atoms with E-state index >= 15 is 0 Å². The number of rotatable bonds is 6. The number of carbonyl (C=O) groups is 1. The minimum atomic E-state index is -0.0863. The molecule has 7 heteroatoms. The van der Waals surface area contributed by atoms with E-state index < -0.39 is 0 Å². The number of likely N-dealkylation sites (tertiary alicyclic amines) is 1. The third-order valence-corrected chi connectivity index (χ3v) is 5.10. The van der Waals surface area contributed by atoms with Crippen LogP contribution in [0.1, 0.15) is 36.9 Å². The largest absolute Gasteiger partial charge is 0.466 e. The number of ether oxygens (including phenoxy) is 1. The molecule has 2 rings (SSSR count). The second-order valence-corrected chi connectivity index (χ2v) is 6.94. The lowest BCUT2D eigenvalue weighted by molar-refractivity contribution is -0.149. The van der Waals surface area contributed by atoms with Gasteiger partial charge in [0.15, 0.2) is 5.96 Å². The van der Waals surface area contributed by atoms with Gasteiger partial charge in [0.25, 0.3) is 0 Å². The molecule has 6 nitrogen and oxygen atoms in total. The van der Waals surface area contributed by atoms with Crippen LogP contribution < -0.4 is 5.32 Å². The van der Waals surface area contributed by atoms with Gasteiger partial charge >= 0.3 is 5.97 Å². The standard InChI is InChI=1S/C17H28N4O2S/c1-4-23-16(22)14-7-6-10-21(11-14)17(18-3)19-9-5-8-15-20-13(2)12-24-15/h12,14H,4-11H2,1-3H3,(H,18,19). The SMILES string of the molecule is CCOC(=O)C1CCCN(C(=NC)NCCCc2nc(C)cs2)C1. The molecule has 0 bridgehead atoms. The van der Waals surface area contributed by atoms with Crippen LogP contribution in [0.15, 0.2) is 10.4 Å². The van der Waals surface area contributed by atoms with Crippen LogP contribution in [0.4, 0.5) is 0 Å². The molecule has 1 fully saturated rings. The summed E-state index contributed by atoms with van der Waals surface area (Å²) in [5.41, 5.74) is 1.09. The van der Waals surface area contributed by atoms with E-state index in [0.717, 1.165) is 50.4 Å². The summed E-state index contributed by atoms with van der Waals surface area (Å²) in [5.74, 6) is 0.742. The van der Waals surface area contributed by atoms with Crippen LogP contribution in [-0.2, 0) is 16.0 Å². The van der Waals surface area contributed by atoms with E-state index in [1.54, 1.807) is 18.4 Å². The minimum Gasteiger partial charge on any atom is -0.466 e. The van der Waals surface area contributed by atoms with Crippen molar-refractivity contribution in [1.82, 2.24) is 15.2 Å². The molecule has 1 aliphatic heterocycles. The number of esters is 1. The maximum atomic E-state index is 12.0. The van der Waals surface area contributed by atoms with E-state index in [2.05, 4.69) is 25.6 Å². The van der Waals surface area contributed by atoms with Gasteiger partial charge in [-0.05, 0) is 33.1 Å². The molecule has 2 heterocycles. The van der Waals surface area contributed by atoms with Gasteiger partial charge in [0, 0.05) is 44.2 Å². The fourth-order valence-corrected chi connectivity index (χ4v) is 3.73. The fraction of sp³-hybridized carbons (Fsp3) is 0.706. The summed E-state index contributed by atoms with van der Waals surface area (Å²) in [7, 11) is 1.79. The third-order valence-electron chi connectivity index (χ3n) is 4.07. The van der Waals surface area contributed by atoms with Crippen molar-refractivity contribution in [3.05, 3.63) is 16.1 Å². The molecule has 1 aromatic rings. The summed E-state index contributed by atoms with van der Waals surface area (Å²) in [6, 6.07) is 0. The van der Waals surface area contributed by atoms with Crippen LogP contribution in [0.2, 0.25) is 0 Å². The van der Waals surface area contributed by atoms with Gasteiger partial charge in [0.1, 0.15) is 0 Å². The van der Waals surface area contributed by atoms with Crippen LogP contribution >= 0.6 is 11.3 Å². The van der Waals surface area contributed by atoms with Crippen molar-refractivity contribution in [1.29, 1.82) is 0 Å². The van der Waals surface area contributed by atoms with Crippen LogP contribution in [0, 0.1) is 12.8 Å². The highest BCUT2D eigenvalue weighted by Crippen LogP contribution is 2.18. The molecule has 1 aliphatic rings. The Morgan fingerprint density at radius 1 is 1.58 bits per heavy atom. The summed E-state index contributed by atoms with van der Waals surface area (Å²) >= 11 is 1.72. The normalized spacial score (nSPS) is 18.5. The van der Waals surface area contributed by atoms with Crippen molar-refractivity contribution >= 4 is 23.3 Å². The highest BCUT2D eigenvalue weighted by molar-refractivity contribution is 7.09. The average Bonchev–Trinajstić information content (AvgIpc) is 3.00. The predicted octanol–water partition coefficient (Wildman–Crippen LogP) is 2.23. The summed E-state index contributed by atoms with van der Waals surface area (Å²) in [5, 5.41) is 6.68. The van der Waals surface area contributed by atoms with E-state index in [-0.39, 0.29) is 11.9 Å².